The largest absolute Gasteiger partial charge is 0.481 e. The maximum absolute atomic E-state index is 12.2. The number of hydrogen-bond donors (Lipinski definition) is 2. The van der Waals surface area contributed by atoms with Crippen LogP contribution in [0.25, 0.3) is 0 Å². The average molecular weight is 302 g/mol. The van der Waals surface area contributed by atoms with E-state index in [0.29, 0.717) is 6.42 Å². The predicted molar refractivity (Wildman–Crippen MR) is 82.2 cm³/mol. The van der Waals surface area contributed by atoms with E-state index in [1.807, 2.05) is 11.8 Å². The van der Waals surface area contributed by atoms with Crippen LogP contribution in [0.15, 0.2) is 0 Å². The first kappa shape index (κ1) is 17.1. The van der Waals surface area contributed by atoms with Gasteiger partial charge in [0.2, 0.25) is 0 Å². The topological polar surface area (TPSA) is 69.6 Å². The van der Waals surface area contributed by atoms with Crippen LogP contribution in [0.1, 0.15) is 40.0 Å². The third-order valence-corrected chi connectivity index (χ3v) is 4.17. The van der Waals surface area contributed by atoms with Gasteiger partial charge in [0, 0.05) is 24.9 Å². The van der Waals surface area contributed by atoms with Crippen molar-refractivity contribution >= 4 is 23.8 Å². The zero-order chi connectivity index (χ0) is 15.2. The van der Waals surface area contributed by atoms with Crippen molar-refractivity contribution in [3.8, 4) is 0 Å². The minimum absolute atomic E-state index is 0.0119. The smallest absolute Gasteiger partial charge is 0.317 e. The van der Waals surface area contributed by atoms with Crippen molar-refractivity contribution in [2.45, 2.75) is 46.1 Å². The summed E-state index contributed by atoms with van der Waals surface area (Å²) in [7, 11) is 0. The number of carbonyl (C=O) groups is 2. The average Bonchev–Trinajstić information content (AvgIpc) is 2.53. The molecule has 1 heterocycles. The van der Waals surface area contributed by atoms with Crippen molar-refractivity contribution < 1.29 is 14.7 Å². The van der Waals surface area contributed by atoms with E-state index in [9.17, 15) is 9.59 Å². The van der Waals surface area contributed by atoms with Crippen molar-refractivity contribution in [2.75, 3.05) is 24.6 Å². The zero-order valence-corrected chi connectivity index (χ0v) is 13.5. The summed E-state index contributed by atoms with van der Waals surface area (Å²) in [6, 6.07) is -0.432. The lowest BCUT2D eigenvalue weighted by molar-refractivity contribution is -0.137. The Labute approximate surface area is 125 Å². The quantitative estimate of drug-likeness (QED) is 0.836. The van der Waals surface area contributed by atoms with Crippen LogP contribution >= 0.6 is 11.8 Å². The highest BCUT2D eigenvalue weighted by Crippen LogP contribution is 2.22. The second kappa shape index (κ2) is 7.76. The van der Waals surface area contributed by atoms with Crippen molar-refractivity contribution in [1.82, 2.24) is 10.2 Å². The molecule has 0 saturated carbocycles. The first-order chi connectivity index (χ1) is 9.28. The lowest BCUT2D eigenvalue weighted by atomic mass is 9.87. The summed E-state index contributed by atoms with van der Waals surface area (Å²) in [6.07, 6.45) is 1.64. The Morgan fingerprint density at radius 1 is 1.30 bits per heavy atom. The number of hydrogen-bond acceptors (Lipinski definition) is 3. The molecule has 0 aromatic rings. The van der Waals surface area contributed by atoms with Gasteiger partial charge in [0.25, 0.3) is 0 Å². The van der Waals surface area contributed by atoms with Gasteiger partial charge < -0.3 is 15.3 Å². The van der Waals surface area contributed by atoms with E-state index < -0.39 is 5.97 Å². The molecule has 0 spiro atoms. The fourth-order valence-corrected chi connectivity index (χ4v) is 3.23. The van der Waals surface area contributed by atoms with Gasteiger partial charge >= 0.3 is 12.0 Å². The van der Waals surface area contributed by atoms with Gasteiger partial charge in [0.1, 0.15) is 0 Å². The number of urea groups is 1. The number of aliphatic carboxylic acids is 1. The Hall–Kier alpha value is -0.910. The number of rotatable bonds is 4. The maximum atomic E-state index is 12.2. The van der Waals surface area contributed by atoms with E-state index >= 15 is 0 Å². The van der Waals surface area contributed by atoms with Gasteiger partial charge in [-0.25, -0.2) is 4.79 Å². The predicted octanol–water partition coefficient (Wildman–Crippen LogP) is 2.41. The fraction of sp³-hybridized carbons (Fsp3) is 0.857. The molecule has 1 fully saturated rings. The van der Waals surface area contributed by atoms with Crippen LogP contribution in [-0.2, 0) is 4.79 Å². The highest BCUT2D eigenvalue weighted by Gasteiger charge is 2.25. The Kier molecular flexibility index (Phi) is 6.65. The molecule has 6 heteroatoms. The third kappa shape index (κ3) is 7.03. The van der Waals surface area contributed by atoms with Gasteiger partial charge in [-0.3, -0.25) is 4.79 Å². The van der Waals surface area contributed by atoms with Gasteiger partial charge in [-0.1, -0.05) is 20.8 Å². The Morgan fingerprint density at radius 2 is 2.00 bits per heavy atom. The zero-order valence-electron chi connectivity index (χ0n) is 12.6. The molecule has 1 rings (SSSR count). The monoisotopic (exact) mass is 302 g/mol. The highest BCUT2D eigenvalue weighted by molar-refractivity contribution is 7.99. The Bertz CT molecular complexity index is 334. The summed E-state index contributed by atoms with van der Waals surface area (Å²) in [6.45, 7) is 7.66. The second-order valence-corrected chi connectivity index (χ2v) is 7.69. The summed E-state index contributed by atoms with van der Waals surface area (Å²) in [5.41, 5.74) is -0.0119. The number of nitrogens with zero attached hydrogens (tertiary/aromatic N) is 1. The molecular formula is C14H26N2O3S. The molecular weight excluding hydrogens is 276 g/mol. The molecule has 0 radical (unpaired) electrons. The molecule has 0 aliphatic carbocycles. The minimum atomic E-state index is -0.869. The van der Waals surface area contributed by atoms with E-state index in [4.69, 9.17) is 5.11 Å². The van der Waals surface area contributed by atoms with Crippen LogP contribution in [0.3, 0.4) is 0 Å². The molecule has 1 unspecified atom stereocenters. The van der Waals surface area contributed by atoms with Crippen molar-refractivity contribution in [2.24, 2.45) is 5.41 Å². The molecule has 0 aromatic heterocycles. The van der Waals surface area contributed by atoms with E-state index in [-0.39, 0.29) is 23.9 Å². The SMILES string of the molecule is CC(C)(C)CC(CC(=O)O)NC(=O)N1CCCSCC1. The summed E-state index contributed by atoms with van der Waals surface area (Å²) < 4.78 is 0. The number of thioether (sulfide) groups is 1. The van der Waals surface area contributed by atoms with Crippen LogP contribution in [-0.4, -0.2) is 52.6 Å². The lowest BCUT2D eigenvalue weighted by Gasteiger charge is -2.28. The summed E-state index contributed by atoms with van der Waals surface area (Å²) in [4.78, 5) is 25.0. The maximum Gasteiger partial charge on any atom is 0.317 e. The number of carboxylic acids is 1. The van der Waals surface area contributed by atoms with Crippen molar-refractivity contribution in [3.05, 3.63) is 0 Å². The third-order valence-electron chi connectivity index (χ3n) is 3.12. The van der Waals surface area contributed by atoms with Crippen LogP contribution in [0.4, 0.5) is 4.79 Å². The lowest BCUT2D eigenvalue weighted by Crippen LogP contribution is -2.47. The molecule has 1 saturated heterocycles. The Morgan fingerprint density at radius 3 is 2.60 bits per heavy atom. The molecule has 0 aromatic carbocycles. The van der Waals surface area contributed by atoms with Crippen LogP contribution in [0.2, 0.25) is 0 Å². The molecule has 1 aliphatic rings. The summed E-state index contributed by atoms with van der Waals surface area (Å²) >= 11 is 1.86. The molecule has 116 valence electrons. The molecule has 20 heavy (non-hydrogen) atoms. The first-order valence-corrected chi connectivity index (χ1v) is 8.28. The normalized spacial score (nSPS) is 18.2. The molecule has 5 nitrogen and oxygen atoms in total. The van der Waals surface area contributed by atoms with Gasteiger partial charge in [-0.2, -0.15) is 11.8 Å². The van der Waals surface area contributed by atoms with Crippen LogP contribution < -0.4 is 5.32 Å². The van der Waals surface area contributed by atoms with Crippen molar-refractivity contribution in [1.29, 1.82) is 0 Å². The van der Waals surface area contributed by atoms with Gasteiger partial charge in [-0.05, 0) is 24.0 Å². The fourth-order valence-electron chi connectivity index (χ4n) is 2.34. The van der Waals surface area contributed by atoms with E-state index in [1.54, 1.807) is 4.90 Å². The molecule has 1 aliphatic heterocycles. The van der Waals surface area contributed by atoms with Gasteiger partial charge in [0.15, 0.2) is 0 Å². The van der Waals surface area contributed by atoms with Crippen LogP contribution in [0.5, 0.6) is 0 Å². The summed E-state index contributed by atoms with van der Waals surface area (Å²) in [5.74, 6) is 1.17. The van der Waals surface area contributed by atoms with E-state index in [2.05, 4.69) is 26.1 Å². The van der Waals surface area contributed by atoms with E-state index in [0.717, 1.165) is 31.0 Å². The van der Waals surface area contributed by atoms with E-state index in [1.165, 1.54) is 0 Å². The van der Waals surface area contributed by atoms with Gasteiger partial charge in [-0.15, -0.1) is 0 Å². The molecule has 1 atom stereocenters. The van der Waals surface area contributed by atoms with Gasteiger partial charge in [0.05, 0.1) is 6.42 Å². The minimum Gasteiger partial charge on any atom is -0.481 e. The van der Waals surface area contributed by atoms with Crippen LogP contribution in [0, 0.1) is 5.41 Å². The first-order valence-electron chi connectivity index (χ1n) is 7.13. The number of nitrogens with one attached hydrogen (secondary N) is 1. The number of amides is 2. The Balaban J connectivity index is 2.57. The number of carbonyl (C=O) groups excluding carboxylic acids is 1. The van der Waals surface area contributed by atoms with Crippen molar-refractivity contribution in [3.63, 3.8) is 0 Å². The molecule has 0 bridgehead atoms. The second-order valence-electron chi connectivity index (χ2n) is 6.46. The molecule has 2 amide bonds. The highest BCUT2D eigenvalue weighted by atomic mass is 32.2. The summed E-state index contributed by atoms with van der Waals surface area (Å²) in [5, 5.41) is 11.9. The number of carboxylic acid groups (broad SMARTS) is 1. The molecule has 2 N–H and O–H groups in total. The standard InChI is InChI=1S/C14H26N2O3S/c1-14(2,3)10-11(9-12(17)18)15-13(19)16-5-4-7-20-8-6-16/h11H,4-10H2,1-3H3,(H,15,19)(H,17,18).